The number of nitrogens with one attached hydrogen (secondary N) is 1. The molecule has 34 heavy (non-hydrogen) atoms. The minimum absolute atomic E-state index is 0.151. The van der Waals surface area contributed by atoms with E-state index in [1.807, 2.05) is 36.4 Å². The molecule has 3 aromatic rings. The van der Waals surface area contributed by atoms with E-state index in [9.17, 15) is 0 Å². The summed E-state index contributed by atoms with van der Waals surface area (Å²) in [4.78, 5) is 6.88. The maximum atomic E-state index is 6.15. The van der Waals surface area contributed by atoms with Crippen molar-refractivity contribution >= 4 is 34.5 Å². The monoisotopic (exact) mass is 494 g/mol. The summed E-state index contributed by atoms with van der Waals surface area (Å²) in [5, 5.41) is 9.13. The van der Waals surface area contributed by atoms with E-state index in [0.29, 0.717) is 28.4 Å². The minimum Gasteiger partial charge on any atom is -0.376 e. The third kappa shape index (κ3) is 4.60. The van der Waals surface area contributed by atoms with Gasteiger partial charge in [-0.2, -0.15) is 4.98 Å². The molecule has 2 aliphatic heterocycles. The lowest BCUT2D eigenvalue weighted by molar-refractivity contribution is 0.0962. The number of aryl methyl sites for hydroxylation is 1. The number of nitrogens with zero attached hydrogens (tertiary/aromatic N) is 3. The summed E-state index contributed by atoms with van der Waals surface area (Å²) in [6.07, 6.45) is 3.24. The number of hydrogen-bond donors (Lipinski definition) is 1. The Morgan fingerprint density at radius 2 is 1.91 bits per heavy atom. The fourth-order valence-corrected chi connectivity index (χ4v) is 4.97. The van der Waals surface area contributed by atoms with E-state index in [1.54, 1.807) is 0 Å². The van der Waals surface area contributed by atoms with Crippen molar-refractivity contribution in [2.24, 2.45) is 0 Å². The molecule has 2 unspecified atom stereocenters. The van der Waals surface area contributed by atoms with Crippen LogP contribution in [-0.4, -0.2) is 39.4 Å². The third-order valence-electron chi connectivity index (χ3n) is 6.49. The summed E-state index contributed by atoms with van der Waals surface area (Å²) in [7, 11) is 0. The van der Waals surface area contributed by atoms with Crippen LogP contribution in [0.1, 0.15) is 49.7 Å². The zero-order chi connectivity index (χ0) is 23.7. The van der Waals surface area contributed by atoms with Gasteiger partial charge < -0.3 is 19.5 Å². The van der Waals surface area contributed by atoms with Crippen LogP contribution in [0.4, 0.5) is 0 Å². The Morgan fingerprint density at radius 3 is 2.59 bits per heavy atom. The van der Waals surface area contributed by atoms with Crippen LogP contribution in [0.15, 0.2) is 58.8 Å². The normalized spacial score (nSPS) is 20.7. The van der Waals surface area contributed by atoms with Gasteiger partial charge >= 0.3 is 0 Å². The van der Waals surface area contributed by atoms with Crippen LogP contribution in [0, 0.1) is 0 Å². The Morgan fingerprint density at radius 1 is 1.15 bits per heavy atom. The van der Waals surface area contributed by atoms with Crippen LogP contribution in [0.3, 0.4) is 0 Å². The molecule has 1 N–H and O–H groups in total. The maximum absolute atomic E-state index is 6.15. The lowest BCUT2D eigenvalue weighted by Gasteiger charge is -2.38. The molecule has 1 fully saturated rings. The number of halogens is 1. The predicted molar refractivity (Wildman–Crippen MR) is 137 cm³/mol. The SMILES string of the molecule is CCc1ccc(-c2noc(C3=C(C)N(CC4CCCO4)C(=S)NC3c3ccc(Cl)cc3)n2)cc1. The molecule has 1 saturated heterocycles. The zero-order valence-electron chi connectivity index (χ0n) is 19.3. The Balaban J connectivity index is 1.55. The molecule has 0 spiro atoms. The third-order valence-corrected chi connectivity index (χ3v) is 7.08. The van der Waals surface area contributed by atoms with Crippen LogP contribution in [0.5, 0.6) is 0 Å². The minimum atomic E-state index is -0.235. The number of aromatic nitrogens is 2. The summed E-state index contributed by atoms with van der Waals surface area (Å²) < 4.78 is 11.7. The molecule has 0 amide bonds. The molecular formula is C26H27ClN4O2S. The molecule has 8 heteroatoms. The van der Waals surface area contributed by atoms with Gasteiger partial charge in [-0.25, -0.2) is 0 Å². The van der Waals surface area contributed by atoms with Gasteiger partial charge in [0, 0.05) is 22.9 Å². The highest BCUT2D eigenvalue weighted by atomic mass is 35.5. The standard InChI is InChI=1S/C26H27ClN4O2S/c1-3-17-6-8-19(9-7-17)24-29-25(33-30-24)22-16(2)31(15-21-5-4-14-32-21)26(34)28-23(22)18-10-12-20(27)13-11-18/h6-13,21,23H,3-5,14-15H2,1-2H3,(H,28,34). The Bertz CT molecular complexity index is 1200. The Labute approximate surface area is 209 Å². The van der Waals surface area contributed by atoms with Gasteiger partial charge in [0.25, 0.3) is 5.89 Å². The average molecular weight is 495 g/mol. The molecule has 0 bridgehead atoms. The lowest BCUT2D eigenvalue weighted by Crippen LogP contribution is -2.48. The second-order valence-corrected chi connectivity index (χ2v) is 9.48. The molecule has 176 valence electrons. The van der Waals surface area contributed by atoms with Crippen molar-refractivity contribution in [1.82, 2.24) is 20.4 Å². The number of rotatable bonds is 6. The summed E-state index contributed by atoms with van der Waals surface area (Å²) >= 11 is 11.9. The lowest BCUT2D eigenvalue weighted by atomic mass is 9.94. The first-order chi connectivity index (χ1) is 16.5. The molecule has 5 rings (SSSR count). The zero-order valence-corrected chi connectivity index (χ0v) is 20.8. The van der Waals surface area contributed by atoms with E-state index < -0.39 is 0 Å². The summed E-state index contributed by atoms with van der Waals surface area (Å²) in [5.41, 5.74) is 5.09. The highest BCUT2D eigenvalue weighted by Crippen LogP contribution is 2.38. The highest BCUT2D eigenvalue weighted by molar-refractivity contribution is 7.80. The fraction of sp³-hybridized carbons (Fsp3) is 0.346. The van der Waals surface area contributed by atoms with Crippen molar-refractivity contribution in [3.05, 3.63) is 76.3 Å². The van der Waals surface area contributed by atoms with Gasteiger partial charge in [-0.3, -0.25) is 0 Å². The molecule has 0 aliphatic carbocycles. The molecule has 6 nitrogen and oxygen atoms in total. The van der Waals surface area contributed by atoms with Crippen molar-refractivity contribution in [1.29, 1.82) is 0 Å². The molecule has 1 aromatic heterocycles. The molecule has 0 radical (unpaired) electrons. The van der Waals surface area contributed by atoms with Gasteiger partial charge in [0.05, 0.1) is 24.3 Å². The van der Waals surface area contributed by atoms with E-state index >= 15 is 0 Å². The van der Waals surface area contributed by atoms with Gasteiger partial charge in [0.2, 0.25) is 5.82 Å². The van der Waals surface area contributed by atoms with Crippen LogP contribution in [0.2, 0.25) is 5.02 Å². The second-order valence-electron chi connectivity index (χ2n) is 8.65. The first-order valence-corrected chi connectivity index (χ1v) is 12.4. The summed E-state index contributed by atoms with van der Waals surface area (Å²) in [6.45, 7) is 5.68. The molecular weight excluding hydrogens is 468 g/mol. The summed E-state index contributed by atoms with van der Waals surface area (Å²) in [5.74, 6) is 1.03. The van der Waals surface area contributed by atoms with Crippen LogP contribution < -0.4 is 5.32 Å². The molecule has 0 saturated carbocycles. The van der Waals surface area contributed by atoms with Gasteiger partial charge in [-0.05, 0) is 61.7 Å². The Hall–Kier alpha value is -2.74. The van der Waals surface area contributed by atoms with Gasteiger partial charge in [0.1, 0.15) is 0 Å². The largest absolute Gasteiger partial charge is 0.376 e. The highest BCUT2D eigenvalue weighted by Gasteiger charge is 2.35. The van der Waals surface area contributed by atoms with Crippen LogP contribution in [0.25, 0.3) is 17.0 Å². The summed E-state index contributed by atoms with van der Waals surface area (Å²) in [6, 6.07) is 15.8. The quantitative estimate of drug-likeness (QED) is 0.435. The van der Waals surface area contributed by atoms with E-state index in [1.165, 1.54) is 5.56 Å². The van der Waals surface area contributed by atoms with E-state index in [4.69, 9.17) is 38.1 Å². The van der Waals surface area contributed by atoms with Crippen molar-refractivity contribution < 1.29 is 9.26 Å². The first kappa shape index (κ1) is 23.0. The average Bonchev–Trinajstić information content (AvgIpc) is 3.54. The van der Waals surface area contributed by atoms with Crippen molar-refractivity contribution in [3.63, 3.8) is 0 Å². The number of ether oxygens (including phenoxy) is 1. The Kier molecular flexibility index (Phi) is 6.68. The van der Waals surface area contributed by atoms with Gasteiger partial charge in [-0.1, -0.05) is 60.1 Å². The molecule has 2 aromatic carbocycles. The van der Waals surface area contributed by atoms with Gasteiger partial charge in [-0.15, -0.1) is 0 Å². The van der Waals surface area contributed by atoms with Crippen molar-refractivity contribution in [2.75, 3.05) is 13.2 Å². The van der Waals surface area contributed by atoms with Crippen LogP contribution in [-0.2, 0) is 11.2 Å². The maximum Gasteiger partial charge on any atom is 0.258 e. The van der Waals surface area contributed by atoms with E-state index in [0.717, 1.165) is 48.3 Å². The van der Waals surface area contributed by atoms with Gasteiger partial charge in [0.15, 0.2) is 5.11 Å². The molecule has 2 atom stereocenters. The topological polar surface area (TPSA) is 63.4 Å². The van der Waals surface area contributed by atoms with E-state index in [-0.39, 0.29) is 12.1 Å². The van der Waals surface area contributed by atoms with Crippen molar-refractivity contribution in [3.8, 4) is 11.4 Å². The molecule has 3 heterocycles. The smallest absolute Gasteiger partial charge is 0.258 e. The first-order valence-electron chi connectivity index (χ1n) is 11.6. The molecule has 2 aliphatic rings. The fourth-order valence-electron chi connectivity index (χ4n) is 4.52. The number of thiocarbonyl (C=S) groups is 1. The second kappa shape index (κ2) is 9.86. The van der Waals surface area contributed by atoms with E-state index in [2.05, 4.69) is 41.4 Å². The number of allylic oxidation sites excluding steroid dienone is 1. The predicted octanol–water partition coefficient (Wildman–Crippen LogP) is 5.79. The number of benzene rings is 2. The van der Waals surface area contributed by atoms with Crippen molar-refractivity contribution in [2.45, 2.75) is 45.3 Å². The van der Waals surface area contributed by atoms with Crippen LogP contribution >= 0.6 is 23.8 Å². The number of hydrogen-bond acceptors (Lipinski definition) is 5.